The third-order valence-corrected chi connectivity index (χ3v) is 3.76. The minimum atomic E-state index is -0.158. The summed E-state index contributed by atoms with van der Waals surface area (Å²) in [5, 5.41) is 2.71. The molecule has 2 amide bonds. The number of thioether (sulfide) groups is 1. The molecule has 1 aliphatic rings. The highest BCUT2D eigenvalue weighted by atomic mass is 32.2. The van der Waals surface area contributed by atoms with Gasteiger partial charge in [-0.15, -0.1) is 18.3 Å². The number of amides is 2. The van der Waals surface area contributed by atoms with Crippen LogP contribution in [0.3, 0.4) is 0 Å². The second-order valence-electron chi connectivity index (χ2n) is 3.92. The number of rotatable bonds is 3. The van der Waals surface area contributed by atoms with Crippen LogP contribution >= 0.6 is 11.8 Å². The van der Waals surface area contributed by atoms with Crippen molar-refractivity contribution in [1.82, 2.24) is 5.32 Å². The third kappa shape index (κ3) is 2.41. The Bertz CT molecular complexity index is 514. The van der Waals surface area contributed by atoms with E-state index in [1.807, 2.05) is 6.07 Å². The Labute approximate surface area is 110 Å². The molecule has 1 aliphatic heterocycles. The van der Waals surface area contributed by atoms with Gasteiger partial charge in [-0.1, -0.05) is 6.08 Å². The average molecular weight is 262 g/mol. The molecule has 0 spiro atoms. The third-order valence-electron chi connectivity index (χ3n) is 2.71. The zero-order valence-corrected chi connectivity index (χ0v) is 10.9. The Hall–Kier alpha value is -1.75. The van der Waals surface area contributed by atoms with E-state index in [2.05, 4.69) is 11.9 Å². The Morgan fingerprint density at radius 2 is 2.39 bits per heavy atom. The van der Waals surface area contributed by atoms with Gasteiger partial charge in [0.25, 0.3) is 5.91 Å². The van der Waals surface area contributed by atoms with Crippen LogP contribution in [-0.4, -0.2) is 31.2 Å². The number of nitrogens with one attached hydrogen (secondary N) is 1. The lowest BCUT2D eigenvalue weighted by molar-refractivity contribution is -0.116. The molecular formula is C13H14N2O2S. The molecule has 1 N–H and O–H groups in total. The maximum absolute atomic E-state index is 11.8. The fourth-order valence-corrected chi connectivity index (χ4v) is 2.66. The predicted octanol–water partition coefficient (Wildman–Crippen LogP) is 1.67. The molecule has 2 rings (SSSR count). The van der Waals surface area contributed by atoms with Gasteiger partial charge in [0.05, 0.1) is 11.4 Å². The quantitative estimate of drug-likeness (QED) is 0.843. The summed E-state index contributed by atoms with van der Waals surface area (Å²) in [5.41, 5.74) is 1.35. The summed E-state index contributed by atoms with van der Waals surface area (Å²) in [7, 11) is 1.73. The highest BCUT2D eigenvalue weighted by Crippen LogP contribution is 2.34. The van der Waals surface area contributed by atoms with Crippen LogP contribution in [0.4, 0.5) is 5.69 Å². The number of anilines is 1. The summed E-state index contributed by atoms with van der Waals surface area (Å²) < 4.78 is 0. The van der Waals surface area contributed by atoms with Gasteiger partial charge < -0.3 is 10.2 Å². The standard InChI is InChI=1S/C13H14N2O2S/c1-3-6-14-13(17)9-4-5-11-10(7-9)15(2)12(16)8-18-11/h3-5,7H,1,6,8H2,2H3,(H,14,17). The van der Waals surface area contributed by atoms with E-state index in [1.54, 1.807) is 30.2 Å². The number of fused-ring (bicyclic) bond motifs is 1. The highest BCUT2D eigenvalue weighted by Gasteiger charge is 2.22. The van der Waals surface area contributed by atoms with E-state index in [-0.39, 0.29) is 11.8 Å². The zero-order valence-electron chi connectivity index (χ0n) is 10.1. The molecule has 1 aromatic carbocycles. The molecule has 0 unspecified atom stereocenters. The molecule has 0 saturated heterocycles. The second kappa shape index (κ2) is 5.27. The van der Waals surface area contributed by atoms with Crippen LogP contribution in [0.15, 0.2) is 35.7 Å². The van der Waals surface area contributed by atoms with Crippen molar-refractivity contribution in [3.05, 3.63) is 36.4 Å². The summed E-state index contributed by atoms with van der Waals surface area (Å²) in [4.78, 5) is 26.0. The number of hydrogen-bond acceptors (Lipinski definition) is 3. The van der Waals surface area contributed by atoms with Crippen molar-refractivity contribution in [2.45, 2.75) is 4.90 Å². The highest BCUT2D eigenvalue weighted by molar-refractivity contribution is 8.00. The maximum atomic E-state index is 11.8. The van der Waals surface area contributed by atoms with Crippen molar-refractivity contribution < 1.29 is 9.59 Å². The van der Waals surface area contributed by atoms with Crippen molar-refractivity contribution in [2.24, 2.45) is 0 Å². The Morgan fingerprint density at radius 1 is 1.61 bits per heavy atom. The Kier molecular flexibility index (Phi) is 3.72. The number of benzene rings is 1. The first kappa shape index (κ1) is 12.7. The molecule has 0 fully saturated rings. The van der Waals surface area contributed by atoms with E-state index >= 15 is 0 Å². The molecule has 0 aromatic heterocycles. The van der Waals surface area contributed by atoms with E-state index < -0.39 is 0 Å². The van der Waals surface area contributed by atoms with E-state index in [0.717, 1.165) is 10.6 Å². The van der Waals surface area contributed by atoms with Crippen LogP contribution in [0.1, 0.15) is 10.4 Å². The summed E-state index contributed by atoms with van der Waals surface area (Å²) >= 11 is 1.50. The van der Waals surface area contributed by atoms with E-state index in [0.29, 0.717) is 17.9 Å². The smallest absolute Gasteiger partial charge is 0.251 e. The SMILES string of the molecule is C=CCNC(=O)c1ccc2c(c1)N(C)C(=O)CS2. The summed E-state index contributed by atoms with van der Waals surface area (Å²) in [6, 6.07) is 5.40. The molecule has 4 nitrogen and oxygen atoms in total. The fourth-order valence-electron chi connectivity index (χ4n) is 1.68. The monoisotopic (exact) mass is 262 g/mol. The topological polar surface area (TPSA) is 49.4 Å². The maximum Gasteiger partial charge on any atom is 0.251 e. The van der Waals surface area contributed by atoms with Gasteiger partial charge in [-0.25, -0.2) is 0 Å². The summed E-state index contributed by atoms with van der Waals surface area (Å²) in [5.74, 6) is 0.344. The molecular weight excluding hydrogens is 248 g/mol. The Morgan fingerprint density at radius 3 is 3.11 bits per heavy atom. The number of carbonyl (C=O) groups is 2. The van der Waals surface area contributed by atoms with Gasteiger partial charge in [0.1, 0.15) is 0 Å². The second-order valence-corrected chi connectivity index (χ2v) is 4.94. The van der Waals surface area contributed by atoms with Gasteiger partial charge in [-0.2, -0.15) is 0 Å². The van der Waals surface area contributed by atoms with Crippen LogP contribution in [-0.2, 0) is 4.79 Å². The lowest BCUT2D eigenvalue weighted by Crippen LogP contribution is -2.32. The summed E-state index contributed by atoms with van der Waals surface area (Å²) in [6.45, 7) is 3.98. The fraction of sp³-hybridized carbons (Fsp3) is 0.231. The molecule has 1 heterocycles. The Balaban J connectivity index is 2.28. The van der Waals surface area contributed by atoms with Crippen molar-refractivity contribution in [2.75, 3.05) is 24.2 Å². The number of carbonyl (C=O) groups excluding carboxylic acids is 2. The molecule has 1 aromatic rings. The van der Waals surface area contributed by atoms with Crippen LogP contribution in [0.5, 0.6) is 0 Å². The van der Waals surface area contributed by atoms with Crippen LogP contribution in [0.25, 0.3) is 0 Å². The molecule has 0 aliphatic carbocycles. The number of nitrogens with zero attached hydrogens (tertiary/aromatic N) is 1. The minimum absolute atomic E-state index is 0.0520. The van der Waals surface area contributed by atoms with Crippen molar-refractivity contribution >= 4 is 29.3 Å². The lowest BCUT2D eigenvalue weighted by atomic mass is 10.1. The van der Waals surface area contributed by atoms with E-state index in [9.17, 15) is 9.59 Å². The van der Waals surface area contributed by atoms with Gasteiger partial charge in [0, 0.05) is 24.1 Å². The normalized spacial score (nSPS) is 14.1. The molecule has 0 saturated carbocycles. The molecule has 0 radical (unpaired) electrons. The first-order valence-corrected chi connectivity index (χ1v) is 6.54. The van der Waals surface area contributed by atoms with Gasteiger partial charge in [-0.05, 0) is 18.2 Å². The van der Waals surface area contributed by atoms with E-state index in [1.165, 1.54) is 11.8 Å². The largest absolute Gasteiger partial charge is 0.349 e. The van der Waals surface area contributed by atoms with Crippen molar-refractivity contribution in [3.8, 4) is 0 Å². The first-order chi connectivity index (χ1) is 8.63. The summed E-state index contributed by atoms with van der Waals surface area (Å²) in [6.07, 6.45) is 1.63. The van der Waals surface area contributed by atoms with Gasteiger partial charge in [-0.3, -0.25) is 9.59 Å². The molecule has 0 bridgehead atoms. The minimum Gasteiger partial charge on any atom is -0.349 e. The first-order valence-electron chi connectivity index (χ1n) is 5.56. The van der Waals surface area contributed by atoms with Crippen LogP contribution in [0.2, 0.25) is 0 Å². The zero-order chi connectivity index (χ0) is 13.1. The average Bonchev–Trinajstić information content (AvgIpc) is 2.40. The number of hydrogen-bond donors (Lipinski definition) is 1. The molecule has 0 atom stereocenters. The lowest BCUT2D eigenvalue weighted by Gasteiger charge is -2.25. The predicted molar refractivity (Wildman–Crippen MR) is 73.1 cm³/mol. The van der Waals surface area contributed by atoms with Gasteiger partial charge in [0.15, 0.2) is 0 Å². The van der Waals surface area contributed by atoms with Gasteiger partial charge in [0.2, 0.25) is 5.91 Å². The molecule has 18 heavy (non-hydrogen) atoms. The molecule has 5 heteroatoms. The van der Waals surface area contributed by atoms with Gasteiger partial charge >= 0.3 is 0 Å². The van der Waals surface area contributed by atoms with Crippen molar-refractivity contribution in [3.63, 3.8) is 0 Å². The van der Waals surface area contributed by atoms with Crippen LogP contribution < -0.4 is 10.2 Å². The van der Waals surface area contributed by atoms with Crippen molar-refractivity contribution in [1.29, 1.82) is 0 Å². The van der Waals surface area contributed by atoms with E-state index in [4.69, 9.17) is 0 Å². The van der Waals surface area contributed by atoms with Crippen LogP contribution in [0, 0.1) is 0 Å². The molecule has 94 valence electrons.